The number of carboxylic acid groups (broad SMARTS) is 1. The van der Waals surface area contributed by atoms with Crippen LogP contribution in [0, 0.1) is 34.5 Å². The van der Waals surface area contributed by atoms with Crippen molar-refractivity contribution in [3.8, 4) is 0 Å². The van der Waals surface area contributed by atoms with Crippen molar-refractivity contribution in [3.63, 3.8) is 0 Å². The molecule has 0 aliphatic heterocycles. The summed E-state index contributed by atoms with van der Waals surface area (Å²) in [6.07, 6.45) is 3.91. The molecule has 272 valence electrons. The lowest BCUT2D eigenvalue weighted by atomic mass is 9.45. The Kier molecular flexibility index (Phi) is 10.7. The molecule has 0 radical (unpaired) electrons. The molecule has 3 saturated carbocycles. The predicted octanol–water partition coefficient (Wildman–Crippen LogP) is 3.20. The van der Waals surface area contributed by atoms with E-state index in [1.165, 1.54) is 0 Å². The summed E-state index contributed by atoms with van der Waals surface area (Å²) < 4.78 is 5.24. The number of amides is 2. The maximum atomic E-state index is 13.6. The summed E-state index contributed by atoms with van der Waals surface area (Å²) >= 11 is 0. The number of rotatable bonds is 12. The van der Waals surface area contributed by atoms with Gasteiger partial charge in [-0.1, -0.05) is 63.6 Å². The lowest BCUT2D eigenvalue weighted by molar-refractivity contribution is -0.184. The first kappa shape index (κ1) is 37.4. The highest BCUT2D eigenvalue weighted by Gasteiger charge is 2.68. The van der Waals surface area contributed by atoms with E-state index in [9.17, 15) is 44.1 Å². The number of carbonyl (C=O) groups is 6. The van der Waals surface area contributed by atoms with Gasteiger partial charge in [-0.05, 0) is 79.3 Å². The molecule has 0 aromatic heterocycles. The second-order valence-corrected chi connectivity index (χ2v) is 15.5. The van der Waals surface area contributed by atoms with Gasteiger partial charge in [0.15, 0.2) is 18.4 Å². The zero-order valence-corrected chi connectivity index (χ0v) is 29.3. The molecule has 4 aliphatic rings. The van der Waals surface area contributed by atoms with Crippen molar-refractivity contribution in [2.24, 2.45) is 34.5 Å². The molecule has 9 atom stereocenters. The molecule has 5 N–H and O–H groups in total. The van der Waals surface area contributed by atoms with E-state index < -0.39 is 71.3 Å². The van der Waals surface area contributed by atoms with Gasteiger partial charge in [-0.3, -0.25) is 24.0 Å². The minimum atomic E-state index is -1.80. The van der Waals surface area contributed by atoms with Gasteiger partial charge in [-0.2, -0.15) is 0 Å². The van der Waals surface area contributed by atoms with Crippen LogP contribution in [0.4, 0.5) is 0 Å². The van der Waals surface area contributed by atoms with Crippen molar-refractivity contribution in [3.05, 3.63) is 47.5 Å². The van der Waals surface area contributed by atoms with Gasteiger partial charge in [0.1, 0.15) is 11.6 Å². The third-order valence-electron chi connectivity index (χ3n) is 12.4. The number of allylic oxidation sites excluding steroid dienone is 1. The van der Waals surface area contributed by atoms with E-state index in [1.807, 2.05) is 6.92 Å². The molecular formula is C38H50N2O10. The topological polar surface area (TPSA) is 196 Å². The van der Waals surface area contributed by atoms with Crippen LogP contribution >= 0.6 is 0 Å². The van der Waals surface area contributed by atoms with Gasteiger partial charge < -0.3 is 30.7 Å². The van der Waals surface area contributed by atoms with Gasteiger partial charge in [0.25, 0.3) is 0 Å². The summed E-state index contributed by atoms with van der Waals surface area (Å²) in [5, 5.41) is 38.2. The van der Waals surface area contributed by atoms with Crippen LogP contribution in [0.3, 0.4) is 0 Å². The largest absolute Gasteiger partial charge is 0.479 e. The molecule has 0 heterocycles. The van der Waals surface area contributed by atoms with E-state index >= 15 is 0 Å². The fraction of sp³-hybridized carbons (Fsp3) is 0.632. The van der Waals surface area contributed by atoms with Crippen LogP contribution in [0.15, 0.2) is 42.0 Å². The highest BCUT2D eigenvalue weighted by atomic mass is 16.5. The summed E-state index contributed by atoms with van der Waals surface area (Å²) in [5.74, 6) is -4.35. The quantitative estimate of drug-likeness (QED) is 0.203. The average Bonchev–Trinajstić information content (AvgIpc) is 3.34. The van der Waals surface area contributed by atoms with E-state index in [0.717, 1.165) is 18.4 Å². The maximum Gasteiger partial charge on any atom is 0.330 e. The molecule has 12 heteroatoms. The van der Waals surface area contributed by atoms with Crippen LogP contribution in [0.1, 0.15) is 97.1 Å². The molecule has 5 rings (SSSR count). The SMILES string of the molecule is CC(C)[C@H](NC(=O)CCC(=O)OCC(=O)[C@@]1(O)CC[C@@H]2[C@@H]3CCC4=CC(=O)CC[C@]4(C)[C@@H]3[C@H](O)C[C@@]21C)C(=O)N[C@@H](C(=O)O)c1ccccc1. The van der Waals surface area contributed by atoms with Crippen molar-refractivity contribution >= 4 is 35.3 Å². The summed E-state index contributed by atoms with van der Waals surface area (Å²) in [7, 11) is 0. The second-order valence-electron chi connectivity index (χ2n) is 15.5. The fourth-order valence-corrected chi connectivity index (χ4v) is 9.65. The number of aliphatic carboxylic acids is 1. The number of aliphatic hydroxyl groups excluding tert-OH is 1. The summed E-state index contributed by atoms with van der Waals surface area (Å²) in [4.78, 5) is 76.0. The third-order valence-corrected chi connectivity index (χ3v) is 12.4. The number of benzene rings is 1. The summed E-state index contributed by atoms with van der Waals surface area (Å²) in [6, 6.07) is 5.77. The van der Waals surface area contributed by atoms with Gasteiger partial charge in [0, 0.05) is 18.3 Å². The van der Waals surface area contributed by atoms with Crippen LogP contribution in [-0.4, -0.2) is 75.0 Å². The molecule has 50 heavy (non-hydrogen) atoms. The Morgan fingerprint density at radius 3 is 2.34 bits per heavy atom. The number of nitrogens with one attached hydrogen (secondary N) is 2. The number of hydrogen-bond acceptors (Lipinski definition) is 9. The van der Waals surface area contributed by atoms with E-state index in [0.29, 0.717) is 24.8 Å². The molecular weight excluding hydrogens is 644 g/mol. The molecule has 1 aromatic rings. The number of ether oxygens (including phenoxy) is 1. The number of ketones is 2. The van der Waals surface area contributed by atoms with Crippen LogP contribution in [0.25, 0.3) is 0 Å². The van der Waals surface area contributed by atoms with Crippen molar-refractivity contribution in [1.82, 2.24) is 10.6 Å². The molecule has 12 nitrogen and oxygen atoms in total. The Hall–Kier alpha value is -3.90. The molecule has 0 bridgehead atoms. The predicted molar refractivity (Wildman–Crippen MR) is 180 cm³/mol. The van der Waals surface area contributed by atoms with Gasteiger partial charge in [0.05, 0.1) is 12.5 Å². The van der Waals surface area contributed by atoms with Gasteiger partial charge in [-0.15, -0.1) is 0 Å². The number of hydrogen-bond donors (Lipinski definition) is 5. The molecule has 3 fully saturated rings. The summed E-state index contributed by atoms with van der Waals surface area (Å²) in [6.45, 7) is 6.69. The van der Waals surface area contributed by atoms with Crippen LogP contribution in [-0.2, 0) is 33.5 Å². The van der Waals surface area contributed by atoms with Crippen LogP contribution in [0.2, 0.25) is 0 Å². The van der Waals surface area contributed by atoms with Gasteiger partial charge >= 0.3 is 11.9 Å². The first-order valence-corrected chi connectivity index (χ1v) is 17.7. The summed E-state index contributed by atoms with van der Waals surface area (Å²) in [5.41, 5.74) is -1.56. The molecule has 0 saturated heterocycles. The zero-order chi connectivity index (χ0) is 36.6. The van der Waals surface area contributed by atoms with Crippen LogP contribution in [0.5, 0.6) is 0 Å². The Bertz CT molecular complexity index is 1560. The Morgan fingerprint density at radius 1 is 0.980 bits per heavy atom. The smallest absolute Gasteiger partial charge is 0.330 e. The first-order chi connectivity index (χ1) is 23.5. The minimum Gasteiger partial charge on any atom is -0.479 e. The standard InChI is InChI=1S/C38H50N2O10/c1-21(2)32(34(46)40-33(35(47)48)22-8-6-5-7-9-22)39-29(44)12-13-30(45)50-20-28(43)38(49)17-15-26-25-11-10-23-18-24(41)14-16-36(23,3)31(25)27(42)19-37(26,38)4/h5-9,18,21,25-27,31-33,42,49H,10-17,19-20H2,1-4H3,(H,39,44)(H,40,46)(H,47,48)/t25-,26+,27+,31-,32-,33+,36-,37-,38-/m0/s1. The van der Waals surface area contributed by atoms with E-state index in [2.05, 4.69) is 17.6 Å². The normalized spacial score (nSPS) is 32.8. The average molecular weight is 695 g/mol. The van der Waals surface area contributed by atoms with E-state index in [4.69, 9.17) is 4.74 Å². The number of carbonyl (C=O) groups excluding carboxylic acids is 5. The number of Topliss-reactive ketones (excluding diaryl/α,β-unsaturated/α-hetero) is 1. The second kappa shape index (κ2) is 14.4. The molecule has 0 spiro atoms. The van der Waals surface area contributed by atoms with Gasteiger partial charge in [0.2, 0.25) is 17.6 Å². The molecule has 2 amide bonds. The van der Waals surface area contributed by atoms with Crippen molar-refractivity contribution in [2.45, 2.75) is 109 Å². The zero-order valence-electron chi connectivity index (χ0n) is 29.3. The highest BCUT2D eigenvalue weighted by molar-refractivity contribution is 5.93. The Morgan fingerprint density at radius 2 is 1.68 bits per heavy atom. The van der Waals surface area contributed by atoms with Gasteiger partial charge in [-0.25, -0.2) is 4.79 Å². The number of esters is 1. The van der Waals surface area contributed by atoms with E-state index in [1.54, 1.807) is 50.3 Å². The van der Waals surface area contributed by atoms with E-state index in [-0.39, 0.29) is 54.6 Å². The Balaban J connectivity index is 1.14. The van der Waals surface area contributed by atoms with Crippen molar-refractivity contribution < 1.29 is 48.8 Å². The molecule has 0 unspecified atom stereocenters. The van der Waals surface area contributed by atoms with Crippen molar-refractivity contribution in [2.75, 3.05) is 6.61 Å². The monoisotopic (exact) mass is 694 g/mol. The lowest BCUT2D eigenvalue weighted by Crippen LogP contribution is -2.62. The fourth-order valence-electron chi connectivity index (χ4n) is 9.65. The first-order valence-electron chi connectivity index (χ1n) is 17.7. The lowest BCUT2D eigenvalue weighted by Gasteiger charge is -2.60. The number of aliphatic hydroxyl groups is 2. The number of carboxylic acids is 1. The third kappa shape index (κ3) is 6.88. The minimum absolute atomic E-state index is 0.0233. The number of fused-ring (bicyclic) bond motifs is 5. The molecule has 4 aliphatic carbocycles. The molecule has 1 aromatic carbocycles. The van der Waals surface area contributed by atoms with Crippen molar-refractivity contribution in [1.29, 1.82) is 0 Å². The highest BCUT2D eigenvalue weighted by Crippen LogP contribution is 2.67. The maximum absolute atomic E-state index is 13.6. The van der Waals surface area contributed by atoms with Crippen LogP contribution < -0.4 is 10.6 Å². The Labute approximate surface area is 292 Å².